The summed E-state index contributed by atoms with van der Waals surface area (Å²) in [5, 5.41) is 6.01. The van der Waals surface area contributed by atoms with Crippen LogP contribution < -0.4 is 5.43 Å². The van der Waals surface area contributed by atoms with Crippen LogP contribution in [0.2, 0.25) is 5.02 Å². The van der Waals surface area contributed by atoms with Gasteiger partial charge in [-0.3, -0.25) is 4.79 Å². The van der Waals surface area contributed by atoms with Crippen molar-refractivity contribution in [3.8, 4) is 5.69 Å². The molecule has 0 saturated carbocycles. The van der Waals surface area contributed by atoms with Crippen LogP contribution in [0.4, 0.5) is 0 Å². The third-order valence-electron chi connectivity index (χ3n) is 3.12. The lowest BCUT2D eigenvalue weighted by atomic mass is 10.2. The minimum Gasteiger partial charge on any atom is -0.286 e. The Bertz CT molecular complexity index is 856. The fourth-order valence-electron chi connectivity index (χ4n) is 2.14. The molecule has 0 unspecified atom stereocenters. The standard InChI is InChI=1S/C15H10ClIN2O/c1-9-12-3-2-4-13(17)15(20)14(12)19(18-9)11-7-5-10(16)6-8-11/h2-8H,1H3. The monoisotopic (exact) mass is 396 g/mol. The Morgan fingerprint density at radius 3 is 2.55 bits per heavy atom. The summed E-state index contributed by atoms with van der Waals surface area (Å²) in [4.78, 5) is 12.5. The summed E-state index contributed by atoms with van der Waals surface area (Å²) in [6, 6.07) is 12.9. The second-order valence-electron chi connectivity index (χ2n) is 4.44. The maximum absolute atomic E-state index is 12.5. The Morgan fingerprint density at radius 2 is 1.85 bits per heavy atom. The van der Waals surface area contributed by atoms with Gasteiger partial charge in [-0.15, -0.1) is 0 Å². The molecule has 0 aliphatic heterocycles. The number of benzene rings is 1. The fourth-order valence-corrected chi connectivity index (χ4v) is 2.73. The Labute approximate surface area is 134 Å². The molecule has 5 heteroatoms. The topological polar surface area (TPSA) is 34.9 Å². The summed E-state index contributed by atoms with van der Waals surface area (Å²) < 4.78 is 2.36. The van der Waals surface area contributed by atoms with Crippen molar-refractivity contribution < 1.29 is 0 Å². The van der Waals surface area contributed by atoms with Crippen molar-refractivity contribution in [2.45, 2.75) is 6.92 Å². The normalized spacial score (nSPS) is 10.9. The van der Waals surface area contributed by atoms with Gasteiger partial charge in [-0.1, -0.05) is 23.7 Å². The first-order valence-corrected chi connectivity index (χ1v) is 7.48. The van der Waals surface area contributed by atoms with E-state index in [-0.39, 0.29) is 5.43 Å². The van der Waals surface area contributed by atoms with Crippen LogP contribution in [0.25, 0.3) is 16.6 Å². The zero-order valence-corrected chi connectivity index (χ0v) is 13.5. The zero-order valence-electron chi connectivity index (χ0n) is 10.6. The van der Waals surface area contributed by atoms with E-state index in [0.717, 1.165) is 16.8 Å². The van der Waals surface area contributed by atoms with E-state index in [1.807, 2.05) is 37.3 Å². The quantitative estimate of drug-likeness (QED) is 0.584. The Morgan fingerprint density at radius 1 is 1.15 bits per heavy atom. The molecule has 3 aromatic rings. The highest BCUT2D eigenvalue weighted by Crippen LogP contribution is 2.20. The molecule has 0 bridgehead atoms. The third-order valence-corrected chi connectivity index (χ3v) is 4.22. The molecule has 3 nitrogen and oxygen atoms in total. The summed E-state index contributed by atoms with van der Waals surface area (Å²) in [5.74, 6) is 0. The molecule has 0 fully saturated rings. The van der Waals surface area contributed by atoms with Crippen LogP contribution >= 0.6 is 34.2 Å². The van der Waals surface area contributed by atoms with Gasteiger partial charge in [0.2, 0.25) is 5.43 Å². The smallest absolute Gasteiger partial charge is 0.218 e. The second-order valence-corrected chi connectivity index (χ2v) is 6.04. The largest absolute Gasteiger partial charge is 0.286 e. The van der Waals surface area contributed by atoms with E-state index in [2.05, 4.69) is 27.7 Å². The van der Waals surface area contributed by atoms with E-state index < -0.39 is 0 Å². The van der Waals surface area contributed by atoms with Gasteiger partial charge in [0, 0.05) is 10.4 Å². The summed E-state index contributed by atoms with van der Waals surface area (Å²) in [5.41, 5.74) is 2.24. The van der Waals surface area contributed by atoms with Gasteiger partial charge in [0.05, 0.1) is 15.0 Å². The first-order chi connectivity index (χ1) is 9.58. The highest BCUT2D eigenvalue weighted by Gasteiger charge is 2.12. The maximum Gasteiger partial charge on any atom is 0.218 e. The van der Waals surface area contributed by atoms with Gasteiger partial charge in [-0.2, -0.15) is 5.10 Å². The van der Waals surface area contributed by atoms with Crippen molar-refractivity contribution in [3.63, 3.8) is 0 Å². The molecule has 0 spiro atoms. The molecule has 0 aliphatic rings. The van der Waals surface area contributed by atoms with Gasteiger partial charge in [0.25, 0.3) is 0 Å². The predicted octanol–water partition coefficient (Wildman–Crippen LogP) is 3.95. The third kappa shape index (κ3) is 2.23. The van der Waals surface area contributed by atoms with Crippen LogP contribution in [0.15, 0.2) is 47.3 Å². The first-order valence-electron chi connectivity index (χ1n) is 6.02. The van der Waals surface area contributed by atoms with E-state index in [4.69, 9.17) is 11.6 Å². The van der Waals surface area contributed by atoms with Crippen molar-refractivity contribution in [1.29, 1.82) is 0 Å². The average Bonchev–Trinajstić information content (AvgIpc) is 2.67. The Balaban J connectivity index is 2.43. The van der Waals surface area contributed by atoms with E-state index >= 15 is 0 Å². The Kier molecular flexibility index (Phi) is 3.52. The van der Waals surface area contributed by atoms with Crippen LogP contribution in [-0.2, 0) is 0 Å². The molecule has 0 aliphatic carbocycles. The van der Waals surface area contributed by atoms with Crippen molar-refractivity contribution in [2.24, 2.45) is 0 Å². The molecule has 1 aromatic heterocycles. The Hall–Kier alpha value is -1.40. The van der Waals surface area contributed by atoms with Crippen LogP contribution in [0.5, 0.6) is 0 Å². The molecule has 3 rings (SSSR count). The van der Waals surface area contributed by atoms with Gasteiger partial charge < -0.3 is 0 Å². The lowest BCUT2D eigenvalue weighted by Crippen LogP contribution is -2.08. The predicted molar refractivity (Wildman–Crippen MR) is 89.8 cm³/mol. The molecule has 20 heavy (non-hydrogen) atoms. The highest BCUT2D eigenvalue weighted by atomic mass is 127. The van der Waals surface area contributed by atoms with Crippen LogP contribution in [0.1, 0.15) is 5.69 Å². The lowest BCUT2D eigenvalue weighted by Gasteiger charge is -2.02. The van der Waals surface area contributed by atoms with Gasteiger partial charge in [0.1, 0.15) is 5.52 Å². The summed E-state index contributed by atoms with van der Waals surface area (Å²) >= 11 is 7.96. The van der Waals surface area contributed by atoms with Crippen molar-refractivity contribution in [2.75, 3.05) is 0 Å². The summed E-state index contributed by atoms with van der Waals surface area (Å²) in [6.45, 7) is 1.90. The van der Waals surface area contributed by atoms with Gasteiger partial charge in [-0.25, -0.2) is 4.68 Å². The van der Waals surface area contributed by atoms with Crippen molar-refractivity contribution >= 4 is 45.1 Å². The molecule has 100 valence electrons. The van der Waals surface area contributed by atoms with E-state index in [9.17, 15) is 4.79 Å². The zero-order chi connectivity index (χ0) is 14.3. The molecule has 0 radical (unpaired) electrons. The molecule has 1 heterocycles. The molecule has 0 N–H and O–H groups in total. The van der Waals surface area contributed by atoms with Gasteiger partial charge in [0.15, 0.2) is 0 Å². The van der Waals surface area contributed by atoms with Gasteiger partial charge >= 0.3 is 0 Å². The van der Waals surface area contributed by atoms with Gasteiger partial charge in [-0.05, 0) is 59.8 Å². The molecule has 2 aromatic carbocycles. The summed E-state index contributed by atoms with van der Waals surface area (Å²) in [7, 11) is 0. The van der Waals surface area contributed by atoms with Crippen LogP contribution in [-0.4, -0.2) is 9.78 Å². The number of hydrogen-bond donors (Lipinski definition) is 0. The number of rotatable bonds is 1. The maximum atomic E-state index is 12.5. The van der Waals surface area contributed by atoms with E-state index in [0.29, 0.717) is 14.1 Å². The lowest BCUT2D eigenvalue weighted by molar-refractivity contribution is 0.886. The first kappa shape index (κ1) is 13.6. The van der Waals surface area contributed by atoms with Crippen molar-refractivity contribution in [3.05, 3.63) is 67.0 Å². The molecule has 0 saturated heterocycles. The molecule has 0 atom stereocenters. The number of hydrogen-bond acceptors (Lipinski definition) is 2. The van der Waals surface area contributed by atoms with Crippen LogP contribution in [0.3, 0.4) is 0 Å². The number of aromatic nitrogens is 2. The second kappa shape index (κ2) is 5.18. The number of fused-ring (bicyclic) bond motifs is 1. The molecule has 0 amide bonds. The SMILES string of the molecule is Cc1nn(-c2ccc(Cl)cc2)c2c(=O)c(I)cccc12. The average molecular weight is 397 g/mol. The minimum atomic E-state index is -0.0128. The highest BCUT2D eigenvalue weighted by molar-refractivity contribution is 14.1. The van der Waals surface area contributed by atoms with Crippen molar-refractivity contribution in [1.82, 2.24) is 9.78 Å². The molecular weight excluding hydrogens is 387 g/mol. The number of halogens is 2. The minimum absolute atomic E-state index is 0.0128. The number of aryl methyl sites for hydroxylation is 1. The van der Waals surface area contributed by atoms with E-state index in [1.54, 1.807) is 16.8 Å². The fraction of sp³-hybridized carbons (Fsp3) is 0.0667. The number of nitrogens with zero attached hydrogens (tertiary/aromatic N) is 2. The van der Waals surface area contributed by atoms with Crippen LogP contribution in [0, 0.1) is 10.5 Å². The summed E-state index contributed by atoms with van der Waals surface area (Å²) in [6.07, 6.45) is 0. The molecular formula is C15H10ClIN2O. The van der Waals surface area contributed by atoms with E-state index in [1.165, 1.54) is 0 Å².